The highest BCUT2D eigenvalue weighted by molar-refractivity contribution is 6.31. The highest BCUT2D eigenvalue weighted by Crippen LogP contribution is 2.57. The van der Waals surface area contributed by atoms with Gasteiger partial charge in [-0.3, -0.25) is 29.3 Å². The Kier molecular flexibility index (Phi) is 12.3. The molecule has 1 amide bonds. The van der Waals surface area contributed by atoms with E-state index in [0.717, 1.165) is 19.1 Å². The number of hydrogen-bond acceptors (Lipinski definition) is 19. The summed E-state index contributed by atoms with van der Waals surface area (Å²) in [5.41, 5.74) is -3.86. The fourth-order valence-electron chi connectivity index (χ4n) is 8.39. The molecule has 22 nitrogen and oxygen atoms in total. The van der Waals surface area contributed by atoms with Gasteiger partial charge in [0.2, 0.25) is 0 Å². The average molecular weight is 885 g/mol. The Bertz CT molecular complexity index is 2400. The molecule has 2 aliphatic carbocycles. The van der Waals surface area contributed by atoms with Crippen molar-refractivity contribution in [3.63, 3.8) is 0 Å². The molecule has 338 valence electrons. The molecule has 12 N–H and O–H groups in total. The predicted octanol–water partition coefficient (Wildman–Crippen LogP) is -1.16. The first kappa shape index (κ1) is 45.2. The Morgan fingerprint density at radius 2 is 1.48 bits per heavy atom. The fraction of sp³-hybridized carbons (Fsp3) is 0.439. The van der Waals surface area contributed by atoms with E-state index in [9.17, 15) is 75.0 Å². The predicted molar refractivity (Wildman–Crippen MR) is 207 cm³/mol. The number of amides is 1. The van der Waals surface area contributed by atoms with Crippen LogP contribution < -0.4 is 15.4 Å². The lowest BCUT2D eigenvalue weighted by Crippen LogP contribution is -2.66. The van der Waals surface area contributed by atoms with Crippen molar-refractivity contribution in [2.45, 2.75) is 94.3 Å². The highest BCUT2D eigenvalue weighted by atomic mass is 16.7. The van der Waals surface area contributed by atoms with Gasteiger partial charge in [0.15, 0.2) is 24.1 Å². The number of carboxylic acids is 2. The molecular weight excluding hydrogens is 840 g/mol. The van der Waals surface area contributed by atoms with Gasteiger partial charge in [-0.2, -0.15) is 0 Å². The summed E-state index contributed by atoms with van der Waals surface area (Å²) >= 11 is 0. The standard InChI is InChI=1S/C41H44N2O20/c1-11-5-18-25(32(52)22(11)38(56)43-12(2)39(57)58)24-16(8-17-26(33(24)53)29(49)15-6-14(59-4)7-19(44)23(15)28(17)48)30(50)36(18)62-41-35(55)37(27(13(3)61-41)42-9-21(46)47)63-40-34(54)31(51)20(45)10-60-40/h5-8,12-13,20,27,30-31,34-37,40-42,44-45,50-55H,9-10H2,1-4H3,(H,43,56)(H,46,47)(H,57,58)/t12?,13?,20?,27?,30-,31?,34?,35?,36-,37?,40?,41?/m0/s1. The summed E-state index contributed by atoms with van der Waals surface area (Å²) in [5.74, 6) is -8.24. The zero-order valence-electron chi connectivity index (χ0n) is 33.7. The van der Waals surface area contributed by atoms with Crippen molar-refractivity contribution in [1.82, 2.24) is 10.6 Å². The summed E-state index contributed by atoms with van der Waals surface area (Å²) < 4.78 is 28.7. The number of methoxy groups -OCH3 is 1. The minimum atomic E-state index is -1.98. The molecule has 2 heterocycles. The molecule has 7 rings (SSSR count). The third-order valence-corrected chi connectivity index (χ3v) is 11.6. The van der Waals surface area contributed by atoms with Crippen LogP contribution in [0.2, 0.25) is 0 Å². The minimum Gasteiger partial charge on any atom is -0.507 e. The van der Waals surface area contributed by atoms with Gasteiger partial charge in [-0.15, -0.1) is 0 Å². The Morgan fingerprint density at radius 3 is 2.13 bits per heavy atom. The van der Waals surface area contributed by atoms with E-state index >= 15 is 0 Å². The number of phenols is 3. The molecule has 0 radical (unpaired) electrons. The second-order valence-electron chi connectivity index (χ2n) is 15.6. The number of aryl methyl sites for hydroxylation is 1. The summed E-state index contributed by atoms with van der Waals surface area (Å²) in [7, 11) is 1.25. The maximum absolute atomic E-state index is 14.1. The molecule has 10 unspecified atom stereocenters. The minimum absolute atomic E-state index is 0.00896. The van der Waals surface area contributed by atoms with Crippen LogP contribution in [0, 0.1) is 6.92 Å². The number of carbonyl (C=O) groups is 5. The van der Waals surface area contributed by atoms with Gasteiger partial charge in [0.25, 0.3) is 5.91 Å². The van der Waals surface area contributed by atoms with Gasteiger partial charge in [-0.05, 0) is 49.6 Å². The lowest BCUT2D eigenvalue weighted by Gasteiger charge is -2.47. The smallest absolute Gasteiger partial charge is 0.325 e. The largest absolute Gasteiger partial charge is 0.507 e. The SMILES string of the molecule is COc1cc(O)c2c(c1)C(=O)c1c(cc3c(c1O)-c1c(cc(C)c(C(=O)NC(C)C(=O)O)c1O)[C@H](OC1OC(C)C(NCC(=O)O)C(OC4OCC(O)C(O)C4O)C1O)[C@H]3O)C2=O. The highest BCUT2D eigenvalue weighted by Gasteiger charge is 2.51. The Labute approximate surface area is 355 Å². The first-order valence-electron chi connectivity index (χ1n) is 19.4. The molecule has 12 atom stereocenters. The van der Waals surface area contributed by atoms with E-state index in [1.165, 1.54) is 33.1 Å². The number of ether oxygens (including phenoxy) is 5. The third kappa shape index (κ3) is 7.73. The zero-order chi connectivity index (χ0) is 46.1. The molecular formula is C41H44N2O20. The maximum atomic E-state index is 14.1. The number of aliphatic hydroxyl groups is 5. The number of aromatic hydroxyl groups is 3. The van der Waals surface area contributed by atoms with E-state index in [4.69, 9.17) is 23.7 Å². The molecule has 0 aromatic heterocycles. The van der Waals surface area contributed by atoms with Crippen molar-refractivity contribution in [3.8, 4) is 34.1 Å². The molecule has 0 saturated carbocycles. The van der Waals surface area contributed by atoms with E-state index < -0.39 is 167 Å². The lowest BCUT2D eigenvalue weighted by molar-refractivity contribution is -0.339. The van der Waals surface area contributed by atoms with Crippen molar-refractivity contribution >= 4 is 29.4 Å². The van der Waals surface area contributed by atoms with E-state index in [1.54, 1.807) is 0 Å². The summed E-state index contributed by atoms with van der Waals surface area (Å²) in [6.07, 6.45) is -17.1. The molecule has 2 aliphatic heterocycles. The van der Waals surface area contributed by atoms with Crippen LogP contribution in [0.1, 0.15) is 84.9 Å². The number of carboxylic acid groups (broad SMARTS) is 2. The number of hydrogen-bond donors (Lipinski definition) is 12. The van der Waals surface area contributed by atoms with Crippen LogP contribution in [0.15, 0.2) is 24.3 Å². The Hall–Kier alpha value is -5.79. The molecule has 63 heavy (non-hydrogen) atoms. The number of aliphatic carboxylic acids is 2. The van der Waals surface area contributed by atoms with E-state index in [1.807, 2.05) is 0 Å². The van der Waals surface area contributed by atoms with E-state index in [-0.39, 0.29) is 28.0 Å². The van der Waals surface area contributed by atoms with Gasteiger partial charge in [0.05, 0.1) is 49.1 Å². The number of carbonyl (C=O) groups excluding carboxylic acids is 3. The Morgan fingerprint density at radius 1 is 0.825 bits per heavy atom. The maximum Gasteiger partial charge on any atom is 0.325 e. The molecule has 2 fully saturated rings. The summed E-state index contributed by atoms with van der Waals surface area (Å²) in [4.78, 5) is 65.0. The number of aliphatic hydroxyl groups excluding tert-OH is 5. The van der Waals surface area contributed by atoms with Crippen molar-refractivity contribution < 1.29 is 98.7 Å². The fourth-order valence-corrected chi connectivity index (χ4v) is 8.39. The van der Waals surface area contributed by atoms with Crippen LogP contribution in [0.4, 0.5) is 0 Å². The van der Waals surface area contributed by atoms with Crippen LogP contribution >= 0.6 is 0 Å². The number of fused-ring (bicyclic) bond motifs is 5. The quantitative estimate of drug-likeness (QED) is 0.0845. The first-order chi connectivity index (χ1) is 29.7. The number of ketones is 2. The second-order valence-corrected chi connectivity index (χ2v) is 15.6. The lowest BCUT2D eigenvalue weighted by atomic mass is 9.74. The number of phenolic OH excluding ortho intramolecular Hbond substituents is 3. The van der Waals surface area contributed by atoms with Crippen LogP contribution in [0.3, 0.4) is 0 Å². The van der Waals surface area contributed by atoms with E-state index in [2.05, 4.69) is 10.6 Å². The van der Waals surface area contributed by atoms with Crippen molar-refractivity contribution in [3.05, 3.63) is 68.8 Å². The number of rotatable bonds is 11. The molecule has 3 aromatic carbocycles. The summed E-state index contributed by atoms with van der Waals surface area (Å²) in [6.45, 7) is 2.76. The number of nitrogens with one attached hydrogen (secondary N) is 2. The van der Waals surface area contributed by atoms with Crippen LogP contribution in [-0.2, 0) is 28.5 Å². The monoisotopic (exact) mass is 884 g/mol. The van der Waals surface area contributed by atoms with Gasteiger partial charge >= 0.3 is 11.9 Å². The molecule has 0 spiro atoms. The molecule has 0 bridgehead atoms. The first-order valence-corrected chi connectivity index (χ1v) is 19.4. The van der Waals surface area contributed by atoms with Gasteiger partial charge in [-0.25, -0.2) is 0 Å². The van der Waals surface area contributed by atoms with Crippen molar-refractivity contribution in [1.29, 1.82) is 0 Å². The molecule has 3 aromatic rings. The topological polar surface area (TPSA) is 358 Å². The van der Waals surface area contributed by atoms with Gasteiger partial charge in [0.1, 0.15) is 71.8 Å². The summed E-state index contributed by atoms with van der Waals surface area (Å²) in [5, 5.41) is 114. The van der Waals surface area contributed by atoms with Crippen LogP contribution in [-0.4, -0.2) is 162 Å². The zero-order valence-corrected chi connectivity index (χ0v) is 33.7. The second kappa shape index (κ2) is 17.1. The normalized spacial score (nSPS) is 29.1. The molecule has 4 aliphatic rings. The average Bonchev–Trinajstić information content (AvgIpc) is 3.22. The van der Waals surface area contributed by atoms with Crippen LogP contribution in [0.5, 0.6) is 23.0 Å². The van der Waals surface area contributed by atoms with Crippen molar-refractivity contribution in [2.24, 2.45) is 0 Å². The Balaban J connectivity index is 1.36. The van der Waals surface area contributed by atoms with E-state index in [0.29, 0.717) is 0 Å². The number of benzene rings is 3. The third-order valence-electron chi connectivity index (χ3n) is 11.6. The summed E-state index contributed by atoms with van der Waals surface area (Å²) in [6, 6.07) is 1.87. The van der Waals surface area contributed by atoms with Gasteiger partial charge < -0.3 is 80.1 Å². The molecule has 2 saturated heterocycles. The van der Waals surface area contributed by atoms with Crippen LogP contribution in [0.25, 0.3) is 11.1 Å². The van der Waals surface area contributed by atoms with Crippen molar-refractivity contribution in [2.75, 3.05) is 20.3 Å². The molecule has 22 heteroatoms. The van der Waals surface area contributed by atoms with Gasteiger partial charge in [-0.1, -0.05) is 6.07 Å². The van der Waals surface area contributed by atoms with Gasteiger partial charge in [0, 0.05) is 28.3 Å².